The molecule has 4 heterocycles. The van der Waals surface area contributed by atoms with Gasteiger partial charge in [0, 0.05) is 31.4 Å². The van der Waals surface area contributed by atoms with Crippen LogP contribution in [0.4, 0.5) is 26.5 Å². The molecular formula is C27H31FN8O3S. The number of hydrogen-bond acceptors (Lipinski definition) is 8. The predicted molar refractivity (Wildman–Crippen MR) is 152 cm³/mol. The second-order valence-electron chi connectivity index (χ2n) is 10.8. The summed E-state index contributed by atoms with van der Waals surface area (Å²) < 4.78 is 40.5. The van der Waals surface area contributed by atoms with Crippen LogP contribution in [-0.4, -0.2) is 63.5 Å². The summed E-state index contributed by atoms with van der Waals surface area (Å²) in [6.07, 6.45) is 2.96. The molecule has 0 radical (unpaired) electrons. The highest BCUT2D eigenvalue weighted by Crippen LogP contribution is 2.33. The zero-order valence-corrected chi connectivity index (χ0v) is 23.3. The second kappa shape index (κ2) is 10.5. The van der Waals surface area contributed by atoms with Gasteiger partial charge < -0.3 is 11.1 Å². The standard InChI is InChI=1S/C27H31FN8O3S/c1-27(2,3)18-6-7-30-23(13-18)34-26(37)33-22-5-4-17(12-21(22)28)20-14-19(36-24(20)25(29)31-16-32-36)15-35-8-10-40(38,39)11-9-35/h4-7,12-14,16H,8-11,15H2,1-3H3,(H2,29,31,32)(H2,30,33,34,37). The van der Waals surface area contributed by atoms with Crippen LogP contribution in [0.25, 0.3) is 16.6 Å². The summed E-state index contributed by atoms with van der Waals surface area (Å²) in [5.41, 5.74) is 9.50. The first-order chi connectivity index (χ1) is 18.9. The number of fused-ring (bicyclic) bond motifs is 1. The molecular weight excluding hydrogens is 535 g/mol. The van der Waals surface area contributed by atoms with E-state index in [4.69, 9.17) is 5.73 Å². The molecule has 1 aliphatic heterocycles. The average molecular weight is 567 g/mol. The number of anilines is 3. The van der Waals surface area contributed by atoms with Gasteiger partial charge >= 0.3 is 6.03 Å². The maximum absolute atomic E-state index is 15.2. The minimum atomic E-state index is -3.01. The number of halogens is 1. The molecule has 1 fully saturated rings. The Balaban J connectivity index is 1.37. The number of hydrogen-bond donors (Lipinski definition) is 3. The Hall–Kier alpha value is -4.10. The lowest BCUT2D eigenvalue weighted by atomic mass is 9.88. The number of sulfone groups is 1. The monoisotopic (exact) mass is 566 g/mol. The summed E-state index contributed by atoms with van der Waals surface area (Å²) in [5.74, 6) is 0.152. The fraction of sp³-hybridized carbons (Fsp3) is 0.333. The minimum Gasteiger partial charge on any atom is -0.382 e. The van der Waals surface area contributed by atoms with Crippen LogP contribution in [0.2, 0.25) is 0 Å². The van der Waals surface area contributed by atoms with Gasteiger partial charge in [0.05, 0.1) is 22.9 Å². The summed E-state index contributed by atoms with van der Waals surface area (Å²) in [7, 11) is -3.01. The third kappa shape index (κ3) is 5.89. The summed E-state index contributed by atoms with van der Waals surface area (Å²) in [4.78, 5) is 22.9. The number of nitrogens with two attached hydrogens (primary N) is 1. The zero-order chi connectivity index (χ0) is 28.7. The van der Waals surface area contributed by atoms with E-state index in [9.17, 15) is 13.2 Å². The topological polar surface area (TPSA) is 148 Å². The van der Waals surface area contributed by atoms with Crippen molar-refractivity contribution in [1.82, 2.24) is 24.5 Å². The normalized spacial score (nSPS) is 15.7. The van der Waals surface area contributed by atoms with Crippen LogP contribution in [0.5, 0.6) is 0 Å². The number of urea groups is 1. The Morgan fingerprint density at radius 1 is 1.07 bits per heavy atom. The van der Waals surface area contributed by atoms with E-state index in [-0.39, 0.29) is 28.4 Å². The highest BCUT2D eigenvalue weighted by Gasteiger charge is 2.24. The average Bonchev–Trinajstić information content (AvgIpc) is 3.26. The number of carbonyl (C=O) groups is 1. The van der Waals surface area contributed by atoms with Gasteiger partial charge in [0.2, 0.25) is 0 Å². The van der Waals surface area contributed by atoms with Crippen LogP contribution < -0.4 is 16.4 Å². The first kappa shape index (κ1) is 27.5. The first-order valence-electron chi connectivity index (χ1n) is 12.8. The molecule has 0 unspecified atom stereocenters. The van der Waals surface area contributed by atoms with Gasteiger partial charge in [-0.25, -0.2) is 32.1 Å². The van der Waals surface area contributed by atoms with Gasteiger partial charge in [-0.1, -0.05) is 26.8 Å². The van der Waals surface area contributed by atoms with Crippen LogP contribution in [0, 0.1) is 5.82 Å². The molecule has 0 atom stereocenters. The molecule has 210 valence electrons. The Labute approximate surface area is 231 Å². The second-order valence-corrected chi connectivity index (χ2v) is 13.1. The molecule has 1 saturated heterocycles. The molecule has 0 spiro atoms. The third-order valence-electron chi connectivity index (χ3n) is 6.87. The Kier molecular flexibility index (Phi) is 7.19. The van der Waals surface area contributed by atoms with Gasteiger partial charge in [-0.3, -0.25) is 10.2 Å². The molecule has 0 saturated carbocycles. The van der Waals surface area contributed by atoms with E-state index >= 15 is 4.39 Å². The van der Waals surface area contributed by atoms with Crippen molar-refractivity contribution >= 4 is 38.7 Å². The summed E-state index contributed by atoms with van der Waals surface area (Å²) in [6, 6.07) is 9.36. The number of benzene rings is 1. The molecule has 11 nitrogen and oxygen atoms in total. The lowest BCUT2D eigenvalue weighted by molar-refractivity contribution is 0.262. The fourth-order valence-electron chi connectivity index (χ4n) is 4.62. The number of aromatic nitrogens is 4. The van der Waals surface area contributed by atoms with Crippen molar-refractivity contribution < 1.29 is 17.6 Å². The van der Waals surface area contributed by atoms with Crippen molar-refractivity contribution in [3.8, 4) is 11.1 Å². The Morgan fingerprint density at radius 3 is 2.52 bits per heavy atom. The number of rotatable bonds is 5. The lowest BCUT2D eigenvalue weighted by Crippen LogP contribution is -2.39. The number of nitrogen functional groups attached to an aromatic ring is 1. The van der Waals surface area contributed by atoms with E-state index in [1.165, 1.54) is 18.5 Å². The molecule has 1 aromatic carbocycles. The van der Waals surface area contributed by atoms with E-state index < -0.39 is 21.7 Å². The maximum atomic E-state index is 15.2. The largest absolute Gasteiger partial charge is 0.382 e. The van der Waals surface area contributed by atoms with Crippen LogP contribution in [0.15, 0.2) is 48.9 Å². The number of nitrogens with one attached hydrogen (secondary N) is 2. The van der Waals surface area contributed by atoms with Crippen molar-refractivity contribution in [3.05, 3.63) is 66.0 Å². The van der Waals surface area contributed by atoms with E-state index in [1.54, 1.807) is 22.8 Å². The molecule has 13 heteroatoms. The zero-order valence-electron chi connectivity index (χ0n) is 22.5. The summed E-state index contributed by atoms with van der Waals surface area (Å²) in [6.45, 7) is 7.44. The third-order valence-corrected chi connectivity index (χ3v) is 8.48. The number of carbonyl (C=O) groups excluding carboxylic acids is 1. The van der Waals surface area contributed by atoms with Crippen LogP contribution in [0.3, 0.4) is 0 Å². The summed E-state index contributed by atoms with van der Waals surface area (Å²) >= 11 is 0. The molecule has 0 aliphatic carbocycles. The van der Waals surface area contributed by atoms with Crippen molar-refractivity contribution in [2.24, 2.45) is 0 Å². The van der Waals surface area contributed by atoms with Crippen LogP contribution >= 0.6 is 0 Å². The van der Waals surface area contributed by atoms with E-state index in [2.05, 4.69) is 46.5 Å². The molecule has 4 aromatic rings. The predicted octanol–water partition coefficient (Wildman–Crippen LogP) is 3.68. The smallest absolute Gasteiger partial charge is 0.324 e. The Morgan fingerprint density at radius 2 is 1.82 bits per heavy atom. The number of amides is 2. The highest BCUT2D eigenvalue weighted by atomic mass is 32.2. The van der Waals surface area contributed by atoms with Crippen LogP contribution in [-0.2, 0) is 21.8 Å². The lowest BCUT2D eigenvalue weighted by Gasteiger charge is -2.26. The SMILES string of the molecule is CC(C)(C)c1ccnc(NC(=O)Nc2ccc(-c3cc(CN4CCS(=O)(=O)CC4)n4ncnc(N)c34)cc2F)c1. The molecule has 4 N–H and O–H groups in total. The van der Waals surface area contributed by atoms with Gasteiger partial charge in [0.15, 0.2) is 15.7 Å². The highest BCUT2D eigenvalue weighted by molar-refractivity contribution is 7.91. The van der Waals surface area contributed by atoms with Crippen molar-refractivity contribution in [3.63, 3.8) is 0 Å². The van der Waals surface area contributed by atoms with Crippen LogP contribution in [0.1, 0.15) is 32.0 Å². The van der Waals surface area contributed by atoms with Crippen molar-refractivity contribution in [2.45, 2.75) is 32.7 Å². The number of pyridine rings is 1. The van der Waals surface area contributed by atoms with E-state index in [0.29, 0.717) is 42.1 Å². The van der Waals surface area contributed by atoms with Gasteiger partial charge in [-0.15, -0.1) is 0 Å². The molecule has 40 heavy (non-hydrogen) atoms. The van der Waals surface area contributed by atoms with Crippen molar-refractivity contribution in [1.29, 1.82) is 0 Å². The van der Waals surface area contributed by atoms with Gasteiger partial charge in [0.25, 0.3) is 0 Å². The molecule has 0 bridgehead atoms. The quantitative estimate of drug-likeness (QED) is 0.331. The van der Waals surface area contributed by atoms with Crippen molar-refractivity contribution in [2.75, 3.05) is 41.0 Å². The maximum Gasteiger partial charge on any atom is 0.324 e. The van der Waals surface area contributed by atoms with E-state index in [1.807, 2.05) is 17.0 Å². The molecule has 1 aliphatic rings. The minimum absolute atomic E-state index is 0.00397. The van der Waals surface area contributed by atoms with E-state index in [0.717, 1.165) is 11.3 Å². The molecule has 5 rings (SSSR count). The Bertz CT molecular complexity index is 1680. The fourth-order valence-corrected chi connectivity index (χ4v) is 5.90. The number of nitrogens with zero attached hydrogens (tertiary/aromatic N) is 5. The molecule has 3 aromatic heterocycles. The molecule has 2 amide bonds. The van der Waals surface area contributed by atoms with Gasteiger partial charge in [0.1, 0.15) is 23.5 Å². The first-order valence-corrected chi connectivity index (χ1v) is 14.6. The van der Waals surface area contributed by atoms with Gasteiger partial charge in [-0.2, -0.15) is 5.10 Å². The summed E-state index contributed by atoms with van der Waals surface area (Å²) in [5, 5.41) is 9.52. The van der Waals surface area contributed by atoms with Gasteiger partial charge in [-0.05, 0) is 46.9 Å².